The van der Waals surface area contributed by atoms with Gasteiger partial charge in [-0.1, -0.05) is 64.1 Å². The second-order valence-corrected chi connectivity index (χ2v) is 3.29. The average molecular weight is 257 g/mol. The van der Waals surface area contributed by atoms with Crippen LogP contribution in [-0.2, 0) is 6.42 Å². The van der Waals surface area contributed by atoms with Gasteiger partial charge in [0.25, 0.3) is 0 Å². The third kappa shape index (κ3) is 6.51. The van der Waals surface area contributed by atoms with Gasteiger partial charge >= 0.3 is 0 Å². The summed E-state index contributed by atoms with van der Waals surface area (Å²) in [6, 6.07) is 14.9. The Bertz CT molecular complexity index is 437. The van der Waals surface area contributed by atoms with Crippen LogP contribution in [0.2, 0.25) is 0 Å². The van der Waals surface area contributed by atoms with Crippen molar-refractivity contribution in [3.05, 3.63) is 66.0 Å². The number of pyridine rings is 1. The van der Waals surface area contributed by atoms with Crippen LogP contribution in [0.15, 0.2) is 54.7 Å². The summed E-state index contributed by atoms with van der Waals surface area (Å²) in [5.74, 6) is 0.106. The highest BCUT2D eigenvalue weighted by Gasteiger charge is 2.06. The maximum absolute atomic E-state index is 11.8. The van der Waals surface area contributed by atoms with Gasteiger partial charge in [0.2, 0.25) is 0 Å². The highest BCUT2D eigenvalue weighted by Crippen LogP contribution is 2.04. The normalized spacial score (nSPS) is 8.42. The standard InChI is InChI=1S/C13H11NO.2C2H6/c15-13(11-6-2-1-3-7-11)10-12-8-4-5-9-14-12;2*1-2/h1-9H,10H2;2*1-2H3. The lowest BCUT2D eigenvalue weighted by molar-refractivity contribution is 0.0992. The number of Topliss-reactive ketones (excluding diaryl/α,β-unsaturated/α-hetero) is 1. The van der Waals surface area contributed by atoms with Crippen molar-refractivity contribution in [2.75, 3.05) is 0 Å². The van der Waals surface area contributed by atoms with E-state index in [1.54, 1.807) is 6.20 Å². The van der Waals surface area contributed by atoms with Crippen LogP contribution in [0.25, 0.3) is 0 Å². The molecule has 0 atom stereocenters. The molecule has 0 saturated heterocycles. The molecule has 2 rings (SSSR count). The summed E-state index contributed by atoms with van der Waals surface area (Å²) in [5.41, 5.74) is 1.55. The Hall–Kier alpha value is -1.96. The van der Waals surface area contributed by atoms with E-state index >= 15 is 0 Å². The average Bonchev–Trinajstić information content (AvgIpc) is 2.53. The first-order chi connectivity index (χ1) is 9.36. The van der Waals surface area contributed by atoms with E-state index in [2.05, 4.69) is 4.98 Å². The Balaban J connectivity index is 0.000000741. The minimum atomic E-state index is 0.106. The summed E-state index contributed by atoms with van der Waals surface area (Å²) >= 11 is 0. The van der Waals surface area contributed by atoms with E-state index in [4.69, 9.17) is 0 Å². The van der Waals surface area contributed by atoms with Crippen molar-refractivity contribution >= 4 is 5.78 Å². The number of benzene rings is 1. The van der Waals surface area contributed by atoms with Gasteiger partial charge in [-0.25, -0.2) is 0 Å². The van der Waals surface area contributed by atoms with Crippen LogP contribution in [0.4, 0.5) is 0 Å². The Morgan fingerprint density at radius 2 is 1.47 bits per heavy atom. The second kappa shape index (κ2) is 11.1. The molecule has 1 aromatic carbocycles. The number of carbonyl (C=O) groups excluding carboxylic acids is 1. The summed E-state index contributed by atoms with van der Waals surface area (Å²) in [6.07, 6.45) is 2.07. The molecule has 0 aliphatic heterocycles. The van der Waals surface area contributed by atoms with E-state index in [1.165, 1.54) is 0 Å². The molecule has 0 radical (unpaired) electrons. The van der Waals surface area contributed by atoms with E-state index in [9.17, 15) is 4.79 Å². The van der Waals surface area contributed by atoms with Crippen LogP contribution in [0, 0.1) is 0 Å². The second-order valence-electron chi connectivity index (χ2n) is 3.29. The molecule has 2 heteroatoms. The lowest BCUT2D eigenvalue weighted by atomic mass is 10.1. The maximum Gasteiger partial charge on any atom is 0.168 e. The molecular formula is C17H23NO. The summed E-state index contributed by atoms with van der Waals surface area (Å²) in [7, 11) is 0. The molecule has 2 nitrogen and oxygen atoms in total. The zero-order chi connectivity index (χ0) is 14.5. The molecule has 0 amide bonds. The number of aromatic nitrogens is 1. The number of rotatable bonds is 3. The molecule has 0 N–H and O–H groups in total. The lowest BCUT2D eigenvalue weighted by Crippen LogP contribution is -2.04. The van der Waals surface area contributed by atoms with Crippen LogP contribution in [0.5, 0.6) is 0 Å². The molecule has 19 heavy (non-hydrogen) atoms. The minimum Gasteiger partial charge on any atom is -0.294 e. The van der Waals surface area contributed by atoms with E-state index in [0.29, 0.717) is 6.42 Å². The van der Waals surface area contributed by atoms with Gasteiger partial charge in [0.15, 0.2) is 5.78 Å². The van der Waals surface area contributed by atoms with Crippen molar-refractivity contribution in [2.24, 2.45) is 0 Å². The Morgan fingerprint density at radius 3 is 2.00 bits per heavy atom. The molecular weight excluding hydrogens is 234 g/mol. The first-order valence-corrected chi connectivity index (χ1v) is 6.84. The molecule has 1 heterocycles. The largest absolute Gasteiger partial charge is 0.294 e. The van der Waals surface area contributed by atoms with Gasteiger partial charge in [-0.3, -0.25) is 9.78 Å². The molecule has 2 aromatic rings. The third-order valence-corrected chi connectivity index (χ3v) is 2.16. The Morgan fingerprint density at radius 1 is 0.895 bits per heavy atom. The van der Waals surface area contributed by atoms with Crippen molar-refractivity contribution in [3.63, 3.8) is 0 Å². The van der Waals surface area contributed by atoms with Crippen LogP contribution >= 0.6 is 0 Å². The lowest BCUT2D eigenvalue weighted by Gasteiger charge is -1.99. The summed E-state index contributed by atoms with van der Waals surface area (Å²) in [6.45, 7) is 8.00. The van der Waals surface area contributed by atoms with Gasteiger partial charge in [0.05, 0.1) is 6.42 Å². The van der Waals surface area contributed by atoms with Crippen LogP contribution < -0.4 is 0 Å². The topological polar surface area (TPSA) is 30.0 Å². The zero-order valence-corrected chi connectivity index (χ0v) is 12.3. The smallest absolute Gasteiger partial charge is 0.168 e. The number of hydrogen-bond donors (Lipinski definition) is 0. The fraction of sp³-hybridized carbons (Fsp3) is 0.294. The van der Waals surface area contributed by atoms with Crippen LogP contribution in [0.3, 0.4) is 0 Å². The van der Waals surface area contributed by atoms with Gasteiger partial charge < -0.3 is 0 Å². The molecule has 0 saturated carbocycles. The van der Waals surface area contributed by atoms with Crippen molar-refractivity contribution < 1.29 is 4.79 Å². The first-order valence-electron chi connectivity index (χ1n) is 6.84. The van der Waals surface area contributed by atoms with E-state index < -0.39 is 0 Å². The summed E-state index contributed by atoms with van der Waals surface area (Å²) in [5, 5.41) is 0. The number of hydrogen-bond acceptors (Lipinski definition) is 2. The Kier molecular flexibility index (Phi) is 10.00. The zero-order valence-electron chi connectivity index (χ0n) is 12.3. The van der Waals surface area contributed by atoms with Crippen LogP contribution in [0.1, 0.15) is 43.7 Å². The van der Waals surface area contributed by atoms with Gasteiger partial charge in [0, 0.05) is 17.5 Å². The fourth-order valence-corrected chi connectivity index (χ4v) is 1.39. The van der Waals surface area contributed by atoms with E-state index in [0.717, 1.165) is 11.3 Å². The maximum atomic E-state index is 11.8. The number of nitrogens with zero attached hydrogens (tertiary/aromatic N) is 1. The Labute approximate surface area is 116 Å². The molecule has 0 unspecified atom stereocenters. The monoisotopic (exact) mass is 257 g/mol. The number of carbonyl (C=O) groups is 1. The fourth-order valence-electron chi connectivity index (χ4n) is 1.39. The van der Waals surface area contributed by atoms with Crippen LogP contribution in [-0.4, -0.2) is 10.8 Å². The molecule has 0 bridgehead atoms. The van der Waals surface area contributed by atoms with E-state index in [-0.39, 0.29) is 5.78 Å². The predicted molar refractivity (Wildman–Crippen MR) is 81.4 cm³/mol. The van der Waals surface area contributed by atoms with Crippen molar-refractivity contribution in [1.29, 1.82) is 0 Å². The van der Waals surface area contributed by atoms with Gasteiger partial charge in [-0.2, -0.15) is 0 Å². The van der Waals surface area contributed by atoms with E-state index in [1.807, 2.05) is 76.2 Å². The quantitative estimate of drug-likeness (QED) is 0.754. The highest BCUT2D eigenvalue weighted by molar-refractivity contribution is 5.97. The molecule has 102 valence electrons. The molecule has 0 aliphatic carbocycles. The summed E-state index contributed by atoms with van der Waals surface area (Å²) < 4.78 is 0. The highest BCUT2D eigenvalue weighted by atomic mass is 16.1. The molecule has 0 aliphatic rings. The molecule has 1 aromatic heterocycles. The summed E-state index contributed by atoms with van der Waals surface area (Å²) in [4.78, 5) is 15.9. The van der Waals surface area contributed by atoms with Gasteiger partial charge in [0.1, 0.15) is 0 Å². The van der Waals surface area contributed by atoms with Gasteiger partial charge in [-0.05, 0) is 12.1 Å². The first kappa shape index (κ1) is 17.0. The van der Waals surface area contributed by atoms with Crippen molar-refractivity contribution in [1.82, 2.24) is 4.98 Å². The van der Waals surface area contributed by atoms with Gasteiger partial charge in [-0.15, -0.1) is 0 Å². The minimum absolute atomic E-state index is 0.106. The van der Waals surface area contributed by atoms with Crippen molar-refractivity contribution in [2.45, 2.75) is 34.1 Å². The predicted octanol–water partition coefficient (Wildman–Crippen LogP) is 4.56. The van der Waals surface area contributed by atoms with Crippen molar-refractivity contribution in [3.8, 4) is 0 Å². The SMILES string of the molecule is CC.CC.O=C(Cc1ccccn1)c1ccccc1. The number of ketones is 1. The molecule has 0 spiro atoms. The molecule has 0 fully saturated rings. The third-order valence-electron chi connectivity index (χ3n) is 2.16.